The normalized spacial score (nSPS) is 30.7. The van der Waals surface area contributed by atoms with Crippen molar-refractivity contribution in [2.45, 2.75) is 63.0 Å². The third kappa shape index (κ3) is 2.92. The summed E-state index contributed by atoms with van der Waals surface area (Å²) in [5.74, 6) is 0.465. The van der Waals surface area contributed by atoms with Gasteiger partial charge in [-0.15, -0.1) is 0 Å². The summed E-state index contributed by atoms with van der Waals surface area (Å²) in [4.78, 5) is 15.3. The summed E-state index contributed by atoms with van der Waals surface area (Å²) in [6, 6.07) is 0. The van der Waals surface area contributed by atoms with Gasteiger partial charge in [0.1, 0.15) is 0 Å². The fourth-order valence-electron chi connectivity index (χ4n) is 4.12. The molecule has 0 bridgehead atoms. The van der Waals surface area contributed by atoms with Gasteiger partial charge in [-0.25, -0.2) is 0 Å². The second-order valence-corrected chi connectivity index (χ2v) is 6.43. The molecule has 1 unspecified atom stereocenters. The molecule has 3 fully saturated rings. The average molecular weight is 281 g/mol. The van der Waals surface area contributed by atoms with Gasteiger partial charge >= 0.3 is 0 Å². The summed E-state index contributed by atoms with van der Waals surface area (Å²) in [5.41, 5.74) is -0.164. The molecule has 2 saturated heterocycles. The standard InChI is InChI=1S/C16H27NO3/c18-15(6-5-14-4-3-11-20-14)16(7-1-2-8-16)17-9-12-19-13-10-17/h14H,1-13H2. The zero-order valence-electron chi connectivity index (χ0n) is 12.4. The smallest absolute Gasteiger partial charge is 0.153 e. The first-order chi connectivity index (χ1) is 9.81. The minimum Gasteiger partial charge on any atom is -0.379 e. The summed E-state index contributed by atoms with van der Waals surface area (Å²) < 4.78 is 11.1. The van der Waals surface area contributed by atoms with Crippen molar-refractivity contribution in [2.24, 2.45) is 0 Å². The Hall–Kier alpha value is -0.450. The molecule has 4 nitrogen and oxygen atoms in total. The maximum atomic E-state index is 12.9. The van der Waals surface area contributed by atoms with Crippen molar-refractivity contribution in [1.29, 1.82) is 0 Å². The lowest BCUT2D eigenvalue weighted by atomic mass is 9.86. The molecule has 0 aromatic rings. The minimum absolute atomic E-state index is 0.164. The lowest BCUT2D eigenvalue weighted by Crippen LogP contribution is -2.56. The Bertz CT molecular complexity index is 327. The Morgan fingerprint density at radius 1 is 1.10 bits per heavy atom. The molecule has 0 radical (unpaired) electrons. The fraction of sp³-hybridized carbons (Fsp3) is 0.938. The van der Waals surface area contributed by atoms with Crippen molar-refractivity contribution >= 4 is 5.78 Å². The Labute approximate surface area is 121 Å². The molecule has 20 heavy (non-hydrogen) atoms. The molecule has 2 aliphatic heterocycles. The molecule has 0 spiro atoms. The Kier molecular flexibility index (Phi) is 4.74. The lowest BCUT2D eigenvalue weighted by molar-refractivity contribution is -0.135. The first kappa shape index (κ1) is 14.5. The quantitative estimate of drug-likeness (QED) is 0.774. The SMILES string of the molecule is O=C(CCC1CCCO1)C1(N2CCOCC2)CCCC1. The van der Waals surface area contributed by atoms with Crippen molar-refractivity contribution in [3.63, 3.8) is 0 Å². The van der Waals surface area contributed by atoms with E-state index in [0.717, 1.165) is 65.0 Å². The van der Waals surface area contributed by atoms with Crippen LogP contribution < -0.4 is 0 Å². The van der Waals surface area contributed by atoms with Gasteiger partial charge in [0, 0.05) is 26.1 Å². The van der Waals surface area contributed by atoms with Crippen LogP contribution in [0.15, 0.2) is 0 Å². The van der Waals surface area contributed by atoms with Crippen LogP contribution in [0.4, 0.5) is 0 Å². The van der Waals surface area contributed by atoms with E-state index in [1.54, 1.807) is 0 Å². The second kappa shape index (κ2) is 6.54. The van der Waals surface area contributed by atoms with Crippen molar-refractivity contribution in [3.8, 4) is 0 Å². The molecule has 2 heterocycles. The molecule has 0 amide bonds. The van der Waals surface area contributed by atoms with Crippen molar-refractivity contribution in [1.82, 2.24) is 4.90 Å². The lowest BCUT2D eigenvalue weighted by Gasteiger charge is -2.42. The van der Waals surface area contributed by atoms with Gasteiger partial charge in [-0.1, -0.05) is 12.8 Å². The molecule has 1 aliphatic carbocycles. The Balaban J connectivity index is 1.61. The summed E-state index contributed by atoms with van der Waals surface area (Å²) in [7, 11) is 0. The summed E-state index contributed by atoms with van der Waals surface area (Å²) in [5, 5.41) is 0. The maximum absolute atomic E-state index is 12.9. The first-order valence-corrected chi connectivity index (χ1v) is 8.29. The van der Waals surface area contributed by atoms with E-state index in [9.17, 15) is 4.79 Å². The van der Waals surface area contributed by atoms with Crippen LogP contribution >= 0.6 is 0 Å². The monoisotopic (exact) mass is 281 g/mol. The van der Waals surface area contributed by atoms with Crippen molar-refractivity contribution < 1.29 is 14.3 Å². The fourth-order valence-corrected chi connectivity index (χ4v) is 4.12. The van der Waals surface area contributed by atoms with Gasteiger partial charge in [-0.2, -0.15) is 0 Å². The van der Waals surface area contributed by atoms with E-state index in [1.165, 1.54) is 12.8 Å². The number of hydrogen-bond acceptors (Lipinski definition) is 4. The van der Waals surface area contributed by atoms with Crippen LogP contribution in [0.2, 0.25) is 0 Å². The number of morpholine rings is 1. The van der Waals surface area contributed by atoms with Gasteiger partial charge < -0.3 is 9.47 Å². The number of Topliss-reactive ketones (excluding diaryl/α,β-unsaturated/α-hetero) is 1. The van der Waals surface area contributed by atoms with E-state index in [0.29, 0.717) is 18.3 Å². The molecular weight excluding hydrogens is 254 g/mol. The number of rotatable bonds is 5. The van der Waals surface area contributed by atoms with Crippen LogP contribution in [-0.4, -0.2) is 55.2 Å². The van der Waals surface area contributed by atoms with E-state index in [2.05, 4.69) is 4.90 Å². The minimum atomic E-state index is -0.164. The van der Waals surface area contributed by atoms with Crippen LogP contribution in [0, 0.1) is 0 Å². The molecule has 4 heteroatoms. The van der Waals surface area contributed by atoms with Gasteiger partial charge in [0.25, 0.3) is 0 Å². The number of carbonyl (C=O) groups excluding carboxylic acids is 1. The van der Waals surface area contributed by atoms with Crippen LogP contribution in [-0.2, 0) is 14.3 Å². The largest absolute Gasteiger partial charge is 0.379 e. The summed E-state index contributed by atoms with van der Waals surface area (Å²) in [6.45, 7) is 4.28. The van der Waals surface area contributed by atoms with Crippen LogP contribution in [0.25, 0.3) is 0 Å². The number of nitrogens with zero attached hydrogens (tertiary/aromatic N) is 1. The molecule has 114 valence electrons. The highest BCUT2D eigenvalue weighted by atomic mass is 16.5. The van der Waals surface area contributed by atoms with E-state index >= 15 is 0 Å². The van der Waals surface area contributed by atoms with Crippen LogP contribution in [0.3, 0.4) is 0 Å². The predicted molar refractivity (Wildman–Crippen MR) is 76.8 cm³/mol. The van der Waals surface area contributed by atoms with E-state index in [1.807, 2.05) is 0 Å². The summed E-state index contributed by atoms with van der Waals surface area (Å²) >= 11 is 0. The molecular formula is C16H27NO3. The van der Waals surface area contributed by atoms with Crippen molar-refractivity contribution in [3.05, 3.63) is 0 Å². The number of ether oxygens (including phenoxy) is 2. The Morgan fingerprint density at radius 2 is 1.85 bits per heavy atom. The van der Waals surface area contributed by atoms with Crippen LogP contribution in [0.5, 0.6) is 0 Å². The molecule has 1 atom stereocenters. The van der Waals surface area contributed by atoms with E-state index in [-0.39, 0.29) is 5.54 Å². The van der Waals surface area contributed by atoms with Crippen molar-refractivity contribution in [2.75, 3.05) is 32.9 Å². The molecule has 0 aromatic carbocycles. The zero-order valence-corrected chi connectivity index (χ0v) is 12.4. The second-order valence-electron chi connectivity index (χ2n) is 6.43. The maximum Gasteiger partial charge on any atom is 0.153 e. The predicted octanol–water partition coefficient (Wildman–Crippen LogP) is 2.16. The zero-order chi connectivity index (χ0) is 13.8. The topological polar surface area (TPSA) is 38.8 Å². The average Bonchev–Trinajstić information content (AvgIpc) is 3.18. The number of hydrogen-bond donors (Lipinski definition) is 0. The van der Waals surface area contributed by atoms with Crippen LogP contribution in [0.1, 0.15) is 51.4 Å². The Morgan fingerprint density at radius 3 is 2.50 bits per heavy atom. The van der Waals surface area contributed by atoms with Gasteiger partial charge in [0.15, 0.2) is 5.78 Å². The number of carbonyl (C=O) groups is 1. The first-order valence-electron chi connectivity index (χ1n) is 8.29. The van der Waals surface area contributed by atoms with Gasteiger partial charge in [0.2, 0.25) is 0 Å². The molecule has 3 rings (SSSR count). The molecule has 0 N–H and O–H groups in total. The molecule has 0 aromatic heterocycles. The highest BCUT2D eigenvalue weighted by Crippen LogP contribution is 2.38. The van der Waals surface area contributed by atoms with E-state index in [4.69, 9.17) is 9.47 Å². The highest BCUT2D eigenvalue weighted by molar-refractivity contribution is 5.88. The summed E-state index contributed by atoms with van der Waals surface area (Å²) in [6.07, 6.45) is 8.75. The number of ketones is 1. The molecule has 3 aliphatic rings. The third-order valence-electron chi connectivity index (χ3n) is 5.28. The molecule has 1 saturated carbocycles. The highest BCUT2D eigenvalue weighted by Gasteiger charge is 2.45. The third-order valence-corrected chi connectivity index (χ3v) is 5.28. The van der Waals surface area contributed by atoms with Gasteiger partial charge in [-0.05, 0) is 32.1 Å². The van der Waals surface area contributed by atoms with Gasteiger partial charge in [0.05, 0.1) is 24.9 Å². The van der Waals surface area contributed by atoms with E-state index < -0.39 is 0 Å². The van der Waals surface area contributed by atoms with Gasteiger partial charge in [-0.3, -0.25) is 9.69 Å².